The van der Waals surface area contributed by atoms with Gasteiger partial charge in [-0.1, -0.05) is 34.6 Å². The lowest BCUT2D eigenvalue weighted by Crippen LogP contribution is -2.32. The van der Waals surface area contributed by atoms with E-state index in [9.17, 15) is 0 Å². The molecule has 0 saturated heterocycles. The Morgan fingerprint density at radius 1 is 1.00 bits per heavy atom. The SMILES string of the molecule is CC(C)NCCCNCC1CCC(C(C)(C)C)CC1. The van der Waals surface area contributed by atoms with Crippen molar-refractivity contribution >= 4 is 0 Å². The molecule has 1 rings (SSSR count). The summed E-state index contributed by atoms with van der Waals surface area (Å²) in [6.07, 6.45) is 6.98. The minimum absolute atomic E-state index is 0.515. The maximum absolute atomic E-state index is 3.64. The van der Waals surface area contributed by atoms with E-state index < -0.39 is 0 Å². The molecule has 1 saturated carbocycles. The van der Waals surface area contributed by atoms with E-state index in [1.807, 2.05) is 0 Å². The molecule has 0 aliphatic heterocycles. The van der Waals surface area contributed by atoms with E-state index in [1.54, 1.807) is 0 Å². The fraction of sp³-hybridized carbons (Fsp3) is 1.00. The van der Waals surface area contributed by atoms with Crippen molar-refractivity contribution in [1.82, 2.24) is 10.6 Å². The molecule has 1 aliphatic carbocycles. The van der Waals surface area contributed by atoms with Gasteiger partial charge in [0.25, 0.3) is 0 Å². The predicted molar refractivity (Wildman–Crippen MR) is 85.5 cm³/mol. The molecule has 0 radical (unpaired) electrons. The third-order valence-electron chi connectivity index (χ3n) is 4.59. The molecule has 0 bridgehead atoms. The van der Waals surface area contributed by atoms with Gasteiger partial charge in [-0.2, -0.15) is 0 Å². The molecule has 1 fully saturated rings. The molecule has 1 aliphatic rings. The maximum Gasteiger partial charge on any atom is 0.00103 e. The second-order valence-corrected chi connectivity index (χ2v) is 7.75. The fourth-order valence-corrected chi connectivity index (χ4v) is 3.14. The van der Waals surface area contributed by atoms with Crippen molar-refractivity contribution in [3.63, 3.8) is 0 Å². The number of rotatable bonds is 7. The average Bonchev–Trinajstić information content (AvgIpc) is 2.32. The van der Waals surface area contributed by atoms with Crippen LogP contribution in [0.2, 0.25) is 0 Å². The van der Waals surface area contributed by atoms with E-state index in [1.165, 1.54) is 45.2 Å². The van der Waals surface area contributed by atoms with Crippen LogP contribution in [0.25, 0.3) is 0 Å². The molecular weight excluding hydrogens is 232 g/mol. The zero-order valence-corrected chi connectivity index (χ0v) is 13.9. The Labute approximate surface area is 121 Å². The Morgan fingerprint density at radius 2 is 1.63 bits per heavy atom. The Hall–Kier alpha value is -0.0800. The first-order valence-electron chi connectivity index (χ1n) is 8.33. The van der Waals surface area contributed by atoms with Gasteiger partial charge in [0.1, 0.15) is 0 Å². The monoisotopic (exact) mass is 268 g/mol. The van der Waals surface area contributed by atoms with Crippen LogP contribution in [0.15, 0.2) is 0 Å². The van der Waals surface area contributed by atoms with Crippen molar-refractivity contribution in [3.05, 3.63) is 0 Å². The highest BCUT2D eigenvalue weighted by atomic mass is 14.9. The van der Waals surface area contributed by atoms with Crippen LogP contribution in [0.1, 0.15) is 66.7 Å². The van der Waals surface area contributed by atoms with Gasteiger partial charge in [0.15, 0.2) is 0 Å². The van der Waals surface area contributed by atoms with E-state index in [4.69, 9.17) is 0 Å². The fourth-order valence-electron chi connectivity index (χ4n) is 3.14. The van der Waals surface area contributed by atoms with Crippen LogP contribution in [0.4, 0.5) is 0 Å². The van der Waals surface area contributed by atoms with Gasteiger partial charge in [-0.3, -0.25) is 0 Å². The molecule has 2 nitrogen and oxygen atoms in total. The highest BCUT2D eigenvalue weighted by molar-refractivity contribution is 4.81. The lowest BCUT2D eigenvalue weighted by atomic mass is 9.70. The molecule has 2 N–H and O–H groups in total. The molecule has 2 heteroatoms. The molecule has 0 aromatic heterocycles. The average molecular weight is 268 g/mol. The second-order valence-electron chi connectivity index (χ2n) is 7.75. The summed E-state index contributed by atoms with van der Waals surface area (Å²) in [7, 11) is 0. The smallest absolute Gasteiger partial charge is 0.00103 e. The Bertz CT molecular complexity index is 222. The van der Waals surface area contributed by atoms with Crippen LogP contribution in [-0.4, -0.2) is 25.7 Å². The van der Waals surface area contributed by atoms with Gasteiger partial charge in [-0.05, 0) is 69.0 Å². The zero-order valence-electron chi connectivity index (χ0n) is 13.9. The quantitative estimate of drug-likeness (QED) is 0.686. The van der Waals surface area contributed by atoms with Crippen molar-refractivity contribution in [1.29, 1.82) is 0 Å². The van der Waals surface area contributed by atoms with Gasteiger partial charge in [-0.25, -0.2) is 0 Å². The summed E-state index contributed by atoms with van der Waals surface area (Å²) < 4.78 is 0. The molecule has 0 atom stereocenters. The maximum atomic E-state index is 3.64. The number of hydrogen-bond acceptors (Lipinski definition) is 2. The lowest BCUT2D eigenvalue weighted by molar-refractivity contribution is 0.149. The Kier molecular flexibility index (Phi) is 7.38. The van der Waals surface area contributed by atoms with E-state index in [0.717, 1.165) is 18.4 Å². The summed E-state index contributed by atoms with van der Waals surface area (Å²) in [5, 5.41) is 7.11. The first kappa shape index (κ1) is 17.0. The van der Waals surface area contributed by atoms with E-state index in [-0.39, 0.29) is 0 Å². The number of hydrogen-bond donors (Lipinski definition) is 2. The van der Waals surface area contributed by atoms with Gasteiger partial charge < -0.3 is 10.6 Å². The minimum atomic E-state index is 0.515. The van der Waals surface area contributed by atoms with Crippen molar-refractivity contribution in [2.75, 3.05) is 19.6 Å². The van der Waals surface area contributed by atoms with Crippen LogP contribution in [0, 0.1) is 17.3 Å². The highest BCUT2D eigenvalue weighted by Gasteiger charge is 2.29. The topological polar surface area (TPSA) is 24.1 Å². The third kappa shape index (κ3) is 7.31. The van der Waals surface area contributed by atoms with Gasteiger partial charge in [0.2, 0.25) is 0 Å². The predicted octanol–water partition coefficient (Wildman–Crippen LogP) is 3.82. The molecule has 0 amide bonds. The standard InChI is InChI=1S/C17H36N2/c1-14(2)19-12-6-11-18-13-15-7-9-16(10-8-15)17(3,4)5/h14-16,18-19H,6-13H2,1-5H3. The minimum Gasteiger partial charge on any atom is -0.316 e. The summed E-state index contributed by atoms with van der Waals surface area (Å²) in [6, 6.07) is 0.618. The molecular formula is C17H36N2. The molecule has 0 spiro atoms. The largest absolute Gasteiger partial charge is 0.316 e. The first-order chi connectivity index (χ1) is 8.89. The van der Waals surface area contributed by atoms with Gasteiger partial charge in [0, 0.05) is 6.04 Å². The van der Waals surface area contributed by atoms with E-state index in [0.29, 0.717) is 11.5 Å². The zero-order chi connectivity index (χ0) is 14.3. The molecule has 114 valence electrons. The van der Waals surface area contributed by atoms with Crippen LogP contribution in [0.3, 0.4) is 0 Å². The summed E-state index contributed by atoms with van der Waals surface area (Å²) in [5.74, 6) is 1.87. The Balaban J connectivity index is 2.01. The molecule has 0 unspecified atom stereocenters. The molecule has 0 aromatic rings. The first-order valence-corrected chi connectivity index (χ1v) is 8.33. The van der Waals surface area contributed by atoms with Crippen molar-refractivity contribution in [2.24, 2.45) is 17.3 Å². The Morgan fingerprint density at radius 3 is 2.16 bits per heavy atom. The normalized spacial score (nSPS) is 24.9. The van der Waals surface area contributed by atoms with Crippen LogP contribution in [-0.2, 0) is 0 Å². The molecule has 0 heterocycles. The van der Waals surface area contributed by atoms with Crippen LogP contribution >= 0.6 is 0 Å². The summed E-state index contributed by atoms with van der Waals surface area (Å²) >= 11 is 0. The second kappa shape index (κ2) is 8.26. The molecule has 0 aromatic carbocycles. The van der Waals surface area contributed by atoms with Crippen molar-refractivity contribution in [3.8, 4) is 0 Å². The van der Waals surface area contributed by atoms with Gasteiger partial charge >= 0.3 is 0 Å². The lowest BCUT2D eigenvalue weighted by Gasteiger charge is -2.37. The summed E-state index contributed by atoms with van der Waals surface area (Å²) in [4.78, 5) is 0. The number of nitrogens with one attached hydrogen (secondary N) is 2. The van der Waals surface area contributed by atoms with Crippen LogP contribution in [0.5, 0.6) is 0 Å². The van der Waals surface area contributed by atoms with Crippen LogP contribution < -0.4 is 10.6 Å². The van der Waals surface area contributed by atoms with E-state index in [2.05, 4.69) is 45.3 Å². The third-order valence-corrected chi connectivity index (χ3v) is 4.59. The summed E-state index contributed by atoms with van der Waals surface area (Å²) in [6.45, 7) is 15.2. The van der Waals surface area contributed by atoms with Crippen molar-refractivity contribution < 1.29 is 0 Å². The molecule has 19 heavy (non-hydrogen) atoms. The van der Waals surface area contributed by atoms with Gasteiger partial charge in [-0.15, -0.1) is 0 Å². The van der Waals surface area contributed by atoms with E-state index >= 15 is 0 Å². The van der Waals surface area contributed by atoms with Crippen molar-refractivity contribution in [2.45, 2.75) is 72.8 Å². The highest BCUT2D eigenvalue weighted by Crippen LogP contribution is 2.39. The van der Waals surface area contributed by atoms with Gasteiger partial charge in [0.05, 0.1) is 0 Å². The summed E-state index contributed by atoms with van der Waals surface area (Å²) in [5.41, 5.74) is 0.515.